The van der Waals surface area contributed by atoms with Gasteiger partial charge < -0.3 is 19.3 Å². The second kappa shape index (κ2) is 9.18. The first-order chi connectivity index (χ1) is 16.0. The number of benzene rings is 1. The van der Waals surface area contributed by atoms with Gasteiger partial charge in [0.2, 0.25) is 0 Å². The molecule has 1 aromatic carbocycles. The van der Waals surface area contributed by atoms with Crippen molar-refractivity contribution in [2.75, 3.05) is 0 Å². The van der Waals surface area contributed by atoms with E-state index in [9.17, 15) is 9.59 Å². The Balaban J connectivity index is 0.000000167. The fourth-order valence-electron chi connectivity index (χ4n) is 5.73. The lowest BCUT2D eigenvalue weighted by atomic mass is 9.79. The van der Waals surface area contributed by atoms with Gasteiger partial charge in [-0.25, -0.2) is 0 Å². The average molecular weight is 473 g/mol. The molecule has 1 aliphatic heterocycles. The van der Waals surface area contributed by atoms with Gasteiger partial charge in [-0.15, -0.1) is 0 Å². The van der Waals surface area contributed by atoms with Crippen LogP contribution < -0.4 is 4.74 Å². The molecule has 3 aliphatic carbocycles. The van der Waals surface area contributed by atoms with Gasteiger partial charge in [0.1, 0.15) is 17.6 Å². The van der Waals surface area contributed by atoms with Crippen molar-refractivity contribution in [2.45, 2.75) is 92.0 Å². The van der Waals surface area contributed by atoms with E-state index in [0.717, 1.165) is 31.1 Å². The number of rotatable bonds is 6. The third kappa shape index (κ3) is 4.84. The quantitative estimate of drug-likeness (QED) is 0.334. The Kier molecular flexibility index (Phi) is 6.75. The molecule has 1 heterocycles. The lowest BCUT2D eigenvalue weighted by Crippen LogP contribution is -2.38. The predicted molar refractivity (Wildman–Crippen MR) is 128 cm³/mol. The van der Waals surface area contributed by atoms with Gasteiger partial charge in [0, 0.05) is 5.92 Å². The average Bonchev–Trinajstić information content (AvgIpc) is 3.13. The zero-order valence-electron chi connectivity index (χ0n) is 21.4. The third-order valence-electron chi connectivity index (χ3n) is 8.87. The van der Waals surface area contributed by atoms with Crippen molar-refractivity contribution < 1.29 is 28.9 Å². The molecule has 0 amide bonds. The Bertz CT molecular complexity index is 904. The molecule has 4 aliphatic rings. The van der Waals surface area contributed by atoms with Gasteiger partial charge in [-0.1, -0.05) is 13.8 Å². The van der Waals surface area contributed by atoms with Crippen molar-refractivity contribution in [2.24, 2.45) is 34.5 Å². The molecule has 0 aromatic heterocycles. The maximum Gasteiger partial charge on any atom is 0.316 e. The van der Waals surface area contributed by atoms with Crippen molar-refractivity contribution in [3.8, 4) is 11.5 Å². The number of hydrogen-bond acceptors (Lipinski definition) is 6. The van der Waals surface area contributed by atoms with Crippen LogP contribution in [0, 0.1) is 34.5 Å². The summed E-state index contributed by atoms with van der Waals surface area (Å²) in [6, 6.07) is 6.11. The van der Waals surface area contributed by atoms with E-state index in [0.29, 0.717) is 29.8 Å². The molecule has 5 rings (SSSR count). The van der Waals surface area contributed by atoms with E-state index < -0.39 is 5.41 Å². The van der Waals surface area contributed by atoms with Gasteiger partial charge in [0.25, 0.3) is 0 Å². The van der Waals surface area contributed by atoms with E-state index in [-0.39, 0.29) is 29.2 Å². The topological polar surface area (TPSA) is 85.4 Å². The van der Waals surface area contributed by atoms with Gasteiger partial charge in [-0.2, -0.15) is 0 Å². The highest BCUT2D eigenvalue weighted by molar-refractivity contribution is 5.78. The standard InChI is InChI=1S/C16H24O3.C12H16O3/c1-4-16(2,3)15(17)19-11-6-8-5-10(11)13-9(8)7-12-14(13)18-12;1-4-12(2,3)11(14)15-10-7-5-9(13)6-8-10/h8-14H,4-7H2,1-3H3;5-8,13H,4H2,1-3H3. The number of carbonyl (C=O) groups is 2. The van der Waals surface area contributed by atoms with E-state index in [4.69, 9.17) is 19.3 Å². The van der Waals surface area contributed by atoms with Crippen LogP contribution >= 0.6 is 0 Å². The molecule has 188 valence electrons. The maximum atomic E-state index is 12.3. The minimum Gasteiger partial charge on any atom is -0.508 e. The Morgan fingerprint density at radius 1 is 0.941 bits per heavy atom. The van der Waals surface area contributed by atoms with Crippen molar-refractivity contribution >= 4 is 11.9 Å². The summed E-state index contributed by atoms with van der Waals surface area (Å²) in [5, 5.41) is 9.06. The Labute approximate surface area is 203 Å². The number of esters is 2. The van der Waals surface area contributed by atoms with Crippen LogP contribution in [0.1, 0.15) is 73.6 Å². The minimum atomic E-state index is -0.474. The summed E-state index contributed by atoms with van der Waals surface area (Å²) < 4.78 is 16.8. The largest absolute Gasteiger partial charge is 0.508 e. The molecule has 7 atom stereocenters. The van der Waals surface area contributed by atoms with E-state index in [2.05, 4.69) is 6.92 Å². The number of carbonyl (C=O) groups excluding carboxylic acids is 2. The monoisotopic (exact) mass is 472 g/mol. The number of hydrogen-bond donors (Lipinski definition) is 1. The molecule has 6 nitrogen and oxygen atoms in total. The fourth-order valence-corrected chi connectivity index (χ4v) is 5.73. The highest BCUT2D eigenvalue weighted by Gasteiger charge is 2.67. The van der Waals surface area contributed by atoms with Gasteiger partial charge in [0.05, 0.1) is 23.0 Å². The molecule has 4 fully saturated rings. The molecular weight excluding hydrogens is 432 g/mol. The Morgan fingerprint density at radius 2 is 1.56 bits per heavy atom. The highest BCUT2D eigenvalue weighted by Crippen LogP contribution is 2.64. The Morgan fingerprint density at radius 3 is 2.18 bits per heavy atom. The van der Waals surface area contributed by atoms with Crippen LogP contribution in [-0.4, -0.2) is 35.4 Å². The first kappa shape index (κ1) is 25.0. The van der Waals surface area contributed by atoms with Crippen LogP contribution in [0.4, 0.5) is 0 Å². The first-order valence-corrected chi connectivity index (χ1v) is 12.8. The van der Waals surface area contributed by atoms with Crippen molar-refractivity contribution in [3.63, 3.8) is 0 Å². The molecule has 1 N–H and O–H groups in total. The molecule has 0 radical (unpaired) electrons. The normalized spacial score (nSPS) is 32.8. The molecule has 0 spiro atoms. The van der Waals surface area contributed by atoms with Crippen molar-refractivity contribution in [3.05, 3.63) is 24.3 Å². The van der Waals surface area contributed by atoms with Gasteiger partial charge in [-0.05, 0) is 102 Å². The molecule has 7 unspecified atom stereocenters. The number of fused-ring (bicyclic) bond motifs is 7. The summed E-state index contributed by atoms with van der Waals surface area (Å²) >= 11 is 0. The number of epoxide rings is 1. The molecule has 1 aromatic rings. The second-order valence-electron chi connectivity index (χ2n) is 11.8. The summed E-state index contributed by atoms with van der Waals surface area (Å²) in [4.78, 5) is 23.9. The van der Waals surface area contributed by atoms with Crippen LogP contribution in [0.2, 0.25) is 0 Å². The van der Waals surface area contributed by atoms with E-state index >= 15 is 0 Å². The van der Waals surface area contributed by atoms with Crippen molar-refractivity contribution in [1.82, 2.24) is 0 Å². The fraction of sp³-hybridized carbons (Fsp3) is 0.714. The second-order valence-corrected chi connectivity index (χ2v) is 11.8. The van der Waals surface area contributed by atoms with Crippen LogP contribution in [0.3, 0.4) is 0 Å². The maximum absolute atomic E-state index is 12.3. The number of ether oxygens (including phenoxy) is 3. The predicted octanol–water partition coefficient (Wildman–Crippen LogP) is 5.51. The lowest BCUT2D eigenvalue weighted by molar-refractivity contribution is -0.164. The van der Waals surface area contributed by atoms with Gasteiger partial charge in [0.15, 0.2) is 0 Å². The molecule has 3 saturated carbocycles. The molecule has 1 saturated heterocycles. The summed E-state index contributed by atoms with van der Waals surface area (Å²) in [6.07, 6.45) is 6.46. The number of phenolic OH excluding ortho intramolecular Hbond substituents is 1. The van der Waals surface area contributed by atoms with Crippen molar-refractivity contribution in [1.29, 1.82) is 0 Å². The number of aromatic hydroxyl groups is 1. The summed E-state index contributed by atoms with van der Waals surface area (Å²) in [6.45, 7) is 11.7. The van der Waals surface area contributed by atoms with Crippen LogP contribution in [0.15, 0.2) is 24.3 Å². The SMILES string of the molecule is CCC(C)(C)C(=O)OC1CC2CC1C1C2CC2OC21.CCC(C)(C)C(=O)Oc1ccc(O)cc1. The minimum absolute atomic E-state index is 0.00429. The smallest absolute Gasteiger partial charge is 0.316 e. The van der Waals surface area contributed by atoms with E-state index in [1.165, 1.54) is 25.0 Å². The summed E-state index contributed by atoms with van der Waals surface area (Å²) in [5.74, 6) is 3.32. The molecule has 6 heteroatoms. The van der Waals surface area contributed by atoms with Crippen LogP contribution in [0.25, 0.3) is 0 Å². The zero-order valence-corrected chi connectivity index (χ0v) is 21.4. The lowest BCUT2D eigenvalue weighted by Gasteiger charge is -2.34. The highest BCUT2D eigenvalue weighted by atomic mass is 16.6. The number of phenols is 1. The molecule has 2 bridgehead atoms. The Hall–Kier alpha value is -2.08. The molecular formula is C28H40O6. The molecule has 34 heavy (non-hydrogen) atoms. The van der Waals surface area contributed by atoms with Gasteiger partial charge >= 0.3 is 11.9 Å². The van der Waals surface area contributed by atoms with Crippen LogP contribution in [-0.2, 0) is 19.1 Å². The van der Waals surface area contributed by atoms with E-state index in [1.807, 2.05) is 34.6 Å². The first-order valence-electron chi connectivity index (χ1n) is 12.8. The third-order valence-corrected chi connectivity index (χ3v) is 8.87. The van der Waals surface area contributed by atoms with Crippen LogP contribution in [0.5, 0.6) is 11.5 Å². The van der Waals surface area contributed by atoms with Gasteiger partial charge in [-0.3, -0.25) is 9.59 Å². The summed E-state index contributed by atoms with van der Waals surface area (Å²) in [7, 11) is 0. The zero-order chi connectivity index (χ0) is 24.8. The summed E-state index contributed by atoms with van der Waals surface area (Å²) in [5.41, 5.74) is -0.812. The van der Waals surface area contributed by atoms with E-state index in [1.54, 1.807) is 12.1 Å².